The number of alkyl halides is 1. The maximum absolute atomic E-state index is 13.7. The minimum atomic E-state index is -1.17. The van der Waals surface area contributed by atoms with Crippen LogP contribution in [-0.2, 0) is 10.4 Å². The number of hydrogen-bond donors (Lipinski definition) is 1. The Hall–Kier alpha value is -0.780. The second kappa shape index (κ2) is 3.35. The maximum atomic E-state index is 13.7. The molecule has 1 aromatic rings. The Kier molecular flexibility index (Phi) is 2.18. The predicted molar refractivity (Wildman–Crippen MR) is 53.0 cm³/mol. The van der Waals surface area contributed by atoms with Crippen LogP contribution in [-0.4, -0.2) is 17.8 Å². The topological polar surface area (TPSA) is 34.2 Å². The Morgan fingerprint density at radius 2 is 2.44 bits per heavy atom. The van der Waals surface area contributed by atoms with Crippen molar-refractivity contribution in [3.05, 3.63) is 28.8 Å². The van der Waals surface area contributed by atoms with Crippen molar-refractivity contribution < 1.29 is 13.6 Å². The van der Waals surface area contributed by atoms with Crippen LogP contribution in [0.25, 0.3) is 0 Å². The number of fused-ring (bicyclic) bond motifs is 1. The number of rotatable bonds is 2. The SMILES string of the molecule is FC[C@]1(c2nc(Cl)ccc2F)NOC2CC21. The summed E-state index contributed by atoms with van der Waals surface area (Å²) in [4.78, 5) is 9.03. The molecule has 6 heteroatoms. The number of hydroxylamine groups is 1. The summed E-state index contributed by atoms with van der Waals surface area (Å²) in [6, 6.07) is 2.53. The molecule has 1 N–H and O–H groups in total. The minimum Gasteiger partial charge on any atom is -0.297 e. The quantitative estimate of drug-likeness (QED) is 0.810. The first-order valence-electron chi connectivity index (χ1n) is 4.99. The summed E-state index contributed by atoms with van der Waals surface area (Å²) in [7, 11) is 0. The van der Waals surface area contributed by atoms with E-state index in [1.807, 2.05) is 0 Å². The average molecular weight is 247 g/mol. The molecule has 16 heavy (non-hydrogen) atoms. The van der Waals surface area contributed by atoms with Gasteiger partial charge in [0.2, 0.25) is 0 Å². The number of aromatic nitrogens is 1. The van der Waals surface area contributed by atoms with E-state index in [0.717, 1.165) is 6.42 Å². The first-order valence-corrected chi connectivity index (χ1v) is 5.36. The van der Waals surface area contributed by atoms with E-state index < -0.39 is 18.0 Å². The van der Waals surface area contributed by atoms with E-state index >= 15 is 0 Å². The van der Waals surface area contributed by atoms with Gasteiger partial charge in [0.05, 0.1) is 6.10 Å². The lowest BCUT2D eigenvalue weighted by atomic mass is 9.91. The molecule has 1 aliphatic heterocycles. The Balaban J connectivity index is 2.09. The van der Waals surface area contributed by atoms with Crippen LogP contribution >= 0.6 is 11.6 Å². The summed E-state index contributed by atoms with van der Waals surface area (Å²) in [5.41, 5.74) is 1.41. The van der Waals surface area contributed by atoms with Gasteiger partial charge in [0, 0.05) is 5.92 Å². The summed E-state index contributed by atoms with van der Waals surface area (Å²) in [6.07, 6.45) is 0.695. The van der Waals surface area contributed by atoms with Gasteiger partial charge in [-0.25, -0.2) is 13.8 Å². The van der Waals surface area contributed by atoms with Gasteiger partial charge in [-0.1, -0.05) is 11.6 Å². The van der Waals surface area contributed by atoms with Gasteiger partial charge < -0.3 is 0 Å². The highest BCUT2D eigenvalue weighted by Crippen LogP contribution is 2.52. The van der Waals surface area contributed by atoms with E-state index in [1.54, 1.807) is 0 Å². The highest BCUT2D eigenvalue weighted by Gasteiger charge is 2.62. The highest BCUT2D eigenvalue weighted by atomic mass is 35.5. The molecular weight excluding hydrogens is 238 g/mol. The molecule has 1 saturated heterocycles. The smallest absolute Gasteiger partial charge is 0.146 e. The van der Waals surface area contributed by atoms with Crippen molar-refractivity contribution in [2.75, 3.05) is 6.67 Å². The molecule has 2 unspecified atom stereocenters. The Labute approximate surface area is 95.7 Å². The Morgan fingerprint density at radius 1 is 1.62 bits per heavy atom. The molecule has 1 aromatic heterocycles. The lowest BCUT2D eigenvalue weighted by Gasteiger charge is -2.26. The van der Waals surface area contributed by atoms with Crippen LogP contribution in [0.3, 0.4) is 0 Å². The van der Waals surface area contributed by atoms with Gasteiger partial charge >= 0.3 is 0 Å². The fraction of sp³-hybridized carbons (Fsp3) is 0.500. The molecule has 2 aliphatic rings. The standard InChI is InChI=1S/C10H9ClF2N2O/c11-8-2-1-6(13)9(14-8)10(4-12)5-3-7(5)16-15-10/h1-2,5,7,15H,3-4H2/t5?,7?,10-/m0/s1. The second-order valence-electron chi connectivity index (χ2n) is 4.17. The first-order chi connectivity index (χ1) is 7.67. The van der Waals surface area contributed by atoms with Crippen LogP contribution in [0.1, 0.15) is 12.1 Å². The van der Waals surface area contributed by atoms with Gasteiger partial charge in [0.25, 0.3) is 0 Å². The largest absolute Gasteiger partial charge is 0.297 e. The third kappa shape index (κ3) is 1.28. The van der Waals surface area contributed by atoms with Crippen LogP contribution in [0, 0.1) is 11.7 Å². The molecule has 2 fully saturated rings. The van der Waals surface area contributed by atoms with Crippen LogP contribution in [0.5, 0.6) is 0 Å². The second-order valence-corrected chi connectivity index (χ2v) is 4.56. The Morgan fingerprint density at radius 3 is 3.00 bits per heavy atom. The number of nitrogens with zero attached hydrogens (tertiary/aromatic N) is 1. The summed E-state index contributed by atoms with van der Waals surface area (Å²) in [6.45, 7) is -0.765. The van der Waals surface area contributed by atoms with E-state index in [0.29, 0.717) is 0 Å². The zero-order valence-electron chi connectivity index (χ0n) is 8.21. The lowest BCUT2D eigenvalue weighted by molar-refractivity contribution is 0.00569. The van der Waals surface area contributed by atoms with Crippen molar-refractivity contribution in [3.8, 4) is 0 Å². The zero-order chi connectivity index (χ0) is 11.3. The van der Waals surface area contributed by atoms with E-state index in [4.69, 9.17) is 16.4 Å². The van der Waals surface area contributed by atoms with Gasteiger partial charge in [0.15, 0.2) is 0 Å². The van der Waals surface area contributed by atoms with Crippen molar-refractivity contribution in [3.63, 3.8) is 0 Å². The molecule has 86 valence electrons. The fourth-order valence-electron chi connectivity index (χ4n) is 2.22. The fourth-order valence-corrected chi connectivity index (χ4v) is 2.37. The van der Waals surface area contributed by atoms with Crippen molar-refractivity contribution in [2.24, 2.45) is 5.92 Å². The monoisotopic (exact) mass is 246 g/mol. The van der Waals surface area contributed by atoms with Crippen LogP contribution in [0.15, 0.2) is 12.1 Å². The molecule has 0 amide bonds. The maximum Gasteiger partial charge on any atom is 0.146 e. The molecular formula is C10H9ClF2N2O. The number of hydrogen-bond acceptors (Lipinski definition) is 3. The number of halogens is 3. The highest BCUT2D eigenvalue weighted by molar-refractivity contribution is 6.29. The molecule has 0 spiro atoms. The molecule has 2 heterocycles. The normalized spacial score (nSPS) is 36.2. The van der Waals surface area contributed by atoms with Gasteiger partial charge in [-0.3, -0.25) is 4.84 Å². The van der Waals surface area contributed by atoms with Gasteiger partial charge in [-0.15, -0.1) is 0 Å². The number of pyridine rings is 1. The van der Waals surface area contributed by atoms with Crippen LogP contribution in [0.4, 0.5) is 8.78 Å². The molecule has 0 radical (unpaired) electrons. The van der Waals surface area contributed by atoms with E-state index in [1.165, 1.54) is 12.1 Å². The zero-order valence-corrected chi connectivity index (χ0v) is 8.97. The van der Waals surface area contributed by atoms with Crippen molar-refractivity contribution in [1.29, 1.82) is 0 Å². The van der Waals surface area contributed by atoms with Crippen LogP contribution < -0.4 is 5.48 Å². The van der Waals surface area contributed by atoms with Crippen molar-refractivity contribution in [2.45, 2.75) is 18.1 Å². The van der Waals surface area contributed by atoms with E-state index in [2.05, 4.69) is 10.5 Å². The third-order valence-electron chi connectivity index (χ3n) is 3.20. The Bertz CT molecular complexity index is 445. The van der Waals surface area contributed by atoms with Crippen molar-refractivity contribution in [1.82, 2.24) is 10.5 Å². The summed E-state index contributed by atoms with van der Waals surface area (Å²) < 4.78 is 26.9. The summed E-state index contributed by atoms with van der Waals surface area (Å²) >= 11 is 5.71. The van der Waals surface area contributed by atoms with Crippen molar-refractivity contribution >= 4 is 11.6 Å². The van der Waals surface area contributed by atoms with Gasteiger partial charge in [0.1, 0.15) is 28.9 Å². The summed E-state index contributed by atoms with van der Waals surface area (Å²) in [5.74, 6) is -0.622. The number of nitrogens with one attached hydrogen (secondary N) is 1. The molecule has 0 aromatic carbocycles. The summed E-state index contributed by atoms with van der Waals surface area (Å²) in [5, 5.41) is 0.148. The minimum absolute atomic E-state index is 0.00694. The third-order valence-corrected chi connectivity index (χ3v) is 3.41. The molecule has 3 atom stereocenters. The molecule has 3 rings (SSSR count). The molecule has 1 aliphatic carbocycles. The van der Waals surface area contributed by atoms with Gasteiger partial charge in [-0.05, 0) is 18.6 Å². The van der Waals surface area contributed by atoms with Gasteiger partial charge in [-0.2, -0.15) is 5.48 Å². The predicted octanol–water partition coefficient (Wildman–Crippen LogP) is 1.96. The molecule has 1 saturated carbocycles. The van der Waals surface area contributed by atoms with E-state index in [-0.39, 0.29) is 22.9 Å². The first kappa shape index (κ1) is 10.4. The average Bonchev–Trinajstić information content (AvgIpc) is 2.98. The van der Waals surface area contributed by atoms with Crippen LogP contribution in [0.2, 0.25) is 5.15 Å². The molecule has 0 bridgehead atoms. The lowest BCUT2D eigenvalue weighted by Crippen LogP contribution is -2.43. The van der Waals surface area contributed by atoms with E-state index in [9.17, 15) is 8.78 Å². The molecule has 3 nitrogen and oxygen atoms in total.